The molecule has 1 aliphatic rings. The lowest BCUT2D eigenvalue weighted by Gasteiger charge is -2.32. The summed E-state index contributed by atoms with van der Waals surface area (Å²) in [4.78, 5) is 0. The maximum absolute atomic E-state index is 11.9. The van der Waals surface area contributed by atoms with Gasteiger partial charge in [-0.2, -0.15) is 13.2 Å². The fraction of sp³-hybridized carbons (Fsp3) is 1.00. The summed E-state index contributed by atoms with van der Waals surface area (Å²) < 4.78 is 40.8. The van der Waals surface area contributed by atoms with Crippen molar-refractivity contribution in [3.05, 3.63) is 0 Å². The molecule has 0 aromatic rings. The number of rotatable bonds is 3. The van der Waals surface area contributed by atoms with Crippen LogP contribution in [-0.4, -0.2) is 24.9 Å². The molecule has 0 saturated heterocycles. The van der Waals surface area contributed by atoms with Gasteiger partial charge in [-0.15, -0.1) is 0 Å². The molecule has 3 atom stereocenters. The second-order valence-electron chi connectivity index (χ2n) is 4.36. The smallest absolute Gasteiger partial charge is 0.376 e. The van der Waals surface area contributed by atoms with Gasteiger partial charge in [0.15, 0.2) is 0 Å². The molecule has 2 N–H and O–H groups in total. The average molecular weight is 225 g/mol. The molecule has 1 aliphatic carbocycles. The summed E-state index contributed by atoms with van der Waals surface area (Å²) in [6.45, 7) is 1.81. The van der Waals surface area contributed by atoms with Crippen molar-refractivity contribution in [1.29, 1.82) is 0 Å². The van der Waals surface area contributed by atoms with Crippen molar-refractivity contribution < 1.29 is 17.9 Å². The van der Waals surface area contributed by atoms with Crippen molar-refractivity contribution in [3.63, 3.8) is 0 Å². The Labute approximate surface area is 88.0 Å². The summed E-state index contributed by atoms with van der Waals surface area (Å²) in [5.74, 6) is 0.501. The molecule has 0 aliphatic heterocycles. The Hall–Kier alpha value is -0.290. The summed E-state index contributed by atoms with van der Waals surface area (Å²) >= 11 is 0. The summed E-state index contributed by atoms with van der Waals surface area (Å²) in [6.07, 6.45) is -2.55. The molecule has 0 amide bonds. The lowest BCUT2D eigenvalue weighted by molar-refractivity contribution is -0.151. The lowest BCUT2D eigenvalue weighted by atomic mass is 9.85. The van der Waals surface area contributed by atoms with Crippen LogP contribution >= 0.6 is 0 Å². The maximum Gasteiger partial charge on any atom is 0.391 e. The molecule has 0 bridgehead atoms. The predicted octanol–water partition coefficient (Wildman–Crippen LogP) is 2.47. The predicted molar refractivity (Wildman–Crippen MR) is 51.4 cm³/mol. The van der Waals surface area contributed by atoms with E-state index in [2.05, 4.69) is 6.92 Å². The van der Waals surface area contributed by atoms with Gasteiger partial charge in [-0.3, -0.25) is 0 Å². The van der Waals surface area contributed by atoms with Gasteiger partial charge in [-0.1, -0.05) is 6.92 Å². The van der Waals surface area contributed by atoms with Gasteiger partial charge in [0.1, 0.15) is 0 Å². The number of nitrogens with two attached hydrogens (primary N) is 1. The average Bonchev–Trinajstić information content (AvgIpc) is 2.09. The van der Waals surface area contributed by atoms with E-state index in [-0.39, 0.29) is 18.8 Å². The van der Waals surface area contributed by atoms with Crippen LogP contribution in [-0.2, 0) is 4.74 Å². The third kappa shape index (κ3) is 4.84. The van der Waals surface area contributed by atoms with E-state index in [1.54, 1.807) is 0 Å². The van der Waals surface area contributed by atoms with Gasteiger partial charge in [0, 0.05) is 6.04 Å². The zero-order valence-corrected chi connectivity index (χ0v) is 8.89. The highest BCUT2D eigenvalue weighted by molar-refractivity contribution is 4.81. The molecule has 1 rings (SSSR count). The molecule has 5 heteroatoms. The molecule has 0 spiro atoms. The van der Waals surface area contributed by atoms with Crippen molar-refractivity contribution in [2.75, 3.05) is 6.61 Å². The first kappa shape index (κ1) is 12.8. The molecule has 2 nitrogen and oxygen atoms in total. The second-order valence-corrected chi connectivity index (χ2v) is 4.36. The SMILES string of the molecule is CC1CCC(N)C(OCCC(F)(F)F)C1. The van der Waals surface area contributed by atoms with Gasteiger partial charge in [0.2, 0.25) is 0 Å². The first-order chi connectivity index (χ1) is 6.88. The number of halogens is 3. The quantitative estimate of drug-likeness (QED) is 0.800. The van der Waals surface area contributed by atoms with Crippen LogP contribution in [0.3, 0.4) is 0 Å². The highest BCUT2D eigenvalue weighted by Gasteiger charge is 2.30. The summed E-state index contributed by atoms with van der Waals surface area (Å²) in [5, 5.41) is 0. The van der Waals surface area contributed by atoms with Gasteiger partial charge < -0.3 is 10.5 Å². The van der Waals surface area contributed by atoms with Crippen LogP contribution in [0.4, 0.5) is 13.2 Å². The van der Waals surface area contributed by atoms with E-state index in [1.807, 2.05) is 0 Å². The minimum Gasteiger partial charge on any atom is -0.376 e. The van der Waals surface area contributed by atoms with Crippen LogP contribution in [0.5, 0.6) is 0 Å². The molecule has 0 heterocycles. The van der Waals surface area contributed by atoms with E-state index in [0.29, 0.717) is 5.92 Å². The molecule has 1 fully saturated rings. The lowest BCUT2D eigenvalue weighted by Crippen LogP contribution is -2.42. The van der Waals surface area contributed by atoms with Crippen molar-refractivity contribution in [2.24, 2.45) is 11.7 Å². The van der Waals surface area contributed by atoms with Crippen molar-refractivity contribution in [2.45, 2.75) is 50.9 Å². The van der Waals surface area contributed by atoms with Gasteiger partial charge >= 0.3 is 6.18 Å². The van der Waals surface area contributed by atoms with E-state index in [1.165, 1.54) is 0 Å². The Kier molecular flexibility index (Phi) is 4.40. The van der Waals surface area contributed by atoms with Gasteiger partial charge in [0.05, 0.1) is 19.1 Å². The summed E-state index contributed by atoms with van der Waals surface area (Å²) in [7, 11) is 0. The van der Waals surface area contributed by atoms with Crippen molar-refractivity contribution >= 4 is 0 Å². The van der Waals surface area contributed by atoms with Gasteiger partial charge in [-0.05, 0) is 25.2 Å². The van der Waals surface area contributed by atoms with Crippen LogP contribution < -0.4 is 5.73 Å². The van der Waals surface area contributed by atoms with E-state index >= 15 is 0 Å². The number of hydrogen-bond donors (Lipinski definition) is 1. The Bertz CT molecular complexity index is 196. The van der Waals surface area contributed by atoms with Crippen LogP contribution in [0.2, 0.25) is 0 Å². The van der Waals surface area contributed by atoms with Crippen LogP contribution in [0.1, 0.15) is 32.6 Å². The largest absolute Gasteiger partial charge is 0.391 e. The Balaban J connectivity index is 2.24. The van der Waals surface area contributed by atoms with Crippen LogP contribution in [0.25, 0.3) is 0 Å². The second kappa shape index (κ2) is 5.16. The fourth-order valence-corrected chi connectivity index (χ4v) is 1.87. The minimum absolute atomic E-state index is 0.102. The van der Waals surface area contributed by atoms with Crippen molar-refractivity contribution in [1.82, 2.24) is 0 Å². The van der Waals surface area contributed by atoms with E-state index in [9.17, 15) is 13.2 Å². The zero-order chi connectivity index (χ0) is 11.5. The first-order valence-electron chi connectivity index (χ1n) is 5.32. The zero-order valence-electron chi connectivity index (χ0n) is 8.89. The first-order valence-corrected chi connectivity index (χ1v) is 5.32. The molecule has 3 unspecified atom stereocenters. The van der Waals surface area contributed by atoms with Gasteiger partial charge in [-0.25, -0.2) is 0 Å². The molecular formula is C10H18F3NO. The Morgan fingerprint density at radius 1 is 1.33 bits per heavy atom. The van der Waals surface area contributed by atoms with Crippen molar-refractivity contribution in [3.8, 4) is 0 Å². The number of ether oxygens (including phenoxy) is 1. The molecule has 1 saturated carbocycles. The molecule has 0 radical (unpaired) electrons. The van der Waals surface area contributed by atoms with E-state index in [4.69, 9.17) is 10.5 Å². The molecule has 0 aromatic carbocycles. The number of alkyl halides is 3. The fourth-order valence-electron chi connectivity index (χ4n) is 1.87. The molecule has 90 valence electrons. The summed E-state index contributed by atoms with van der Waals surface area (Å²) in [5.41, 5.74) is 5.78. The standard InChI is InChI=1S/C10H18F3NO/c1-7-2-3-8(14)9(6-7)15-5-4-10(11,12)13/h7-9H,2-6,14H2,1H3. The van der Waals surface area contributed by atoms with Crippen LogP contribution in [0, 0.1) is 5.92 Å². The Morgan fingerprint density at radius 2 is 2.00 bits per heavy atom. The summed E-state index contributed by atoms with van der Waals surface area (Å²) in [6, 6.07) is -0.102. The molecule has 0 aromatic heterocycles. The molecule has 15 heavy (non-hydrogen) atoms. The normalized spacial score (nSPS) is 33.0. The minimum atomic E-state index is -4.13. The third-order valence-corrected chi connectivity index (χ3v) is 2.82. The van der Waals surface area contributed by atoms with Gasteiger partial charge in [0.25, 0.3) is 0 Å². The third-order valence-electron chi connectivity index (χ3n) is 2.82. The monoisotopic (exact) mass is 225 g/mol. The van der Waals surface area contributed by atoms with Crippen LogP contribution in [0.15, 0.2) is 0 Å². The molecular weight excluding hydrogens is 207 g/mol. The Morgan fingerprint density at radius 3 is 2.60 bits per heavy atom. The highest BCUT2D eigenvalue weighted by Crippen LogP contribution is 2.26. The highest BCUT2D eigenvalue weighted by atomic mass is 19.4. The number of hydrogen-bond acceptors (Lipinski definition) is 2. The topological polar surface area (TPSA) is 35.2 Å². The van der Waals surface area contributed by atoms with E-state index < -0.39 is 12.6 Å². The van der Waals surface area contributed by atoms with E-state index in [0.717, 1.165) is 19.3 Å². The maximum atomic E-state index is 11.9.